The molecule has 0 N–H and O–H groups in total. The van der Waals surface area contributed by atoms with Crippen LogP contribution < -0.4 is 5.69 Å². The number of rotatable bonds is 3. The van der Waals surface area contributed by atoms with Gasteiger partial charge in [-0.3, -0.25) is 9.78 Å². The molecule has 0 fully saturated rings. The van der Waals surface area contributed by atoms with Crippen molar-refractivity contribution >= 4 is 11.4 Å². The van der Waals surface area contributed by atoms with Gasteiger partial charge in [-0.15, -0.1) is 5.10 Å². The number of aromatic nitrogens is 5. The lowest BCUT2D eigenvalue weighted by Gasteiger charge is -2.01. The van der Waals surface area contributed by atoms with Gasteiger partial charge in [0.05, 0.1) is 6.20 Å². The first kappa shape index (κ1) is 13.3. The topological polar surface area (TPSA) is 74.2 Å². The van der Waals surface area contributed by atoms with Gasteiger partial charge in [-0.1, -0.05) is 0 Å². The van der Waals surface area contributed by atoms with Crippen molar-refractivity contribution in [2.45, 2.75) is 20.4 Å². The van der Waals surface area contributed by atoms with E-state index in [0.717, 1.165) is 11.4 Å². The van der Waals surface area contributed by atoms with Gasteiger partial charge in [0, 0.05) is 36.4 Å². The van der Waals surface area contributed by atoms with E-state index in [1.807, 2.05) is 31.5 Å². The minimum atomic E-state index is -0.342. The van der Waals surface area contributed by atoms with Crippen LogP contribution in [0.1, 0.15) is 21.7 Å². The summed E-state index contributed by atoms with van der Waals surface area (Å²) in [5.74, 6) is -0.130. The van der Waals surface area contributed by atoms with E-state index in [1.54, 1.807) is 0 Å². The number of aryl methyl sites for hydroxylation is 1. The molecule has 3 aromatic rings. The Balaban J connectivity index is 1.98. The minimum Gasteiger partial charge on any atom is -0.351 e. The minimum absolute atomic E-state index is 0.0786. The molecule has 0 saturated heterocycles. The normalized spacial score (nSPS) is 11.2. The molecule has 7 heteroatoms. The van der Waals surface area contributed by atoms with Crippen LogP contribution in [0.25, 0.3) is 5.65 Å². The van der Waals surface area contributed by atoms with Crippen LogP contribution in [0.4, 0.5) is 0 Å². The van der Waals surface area contributed by atoms with Crippen molar-refractivity contribution < 1.29 is 4.79 Å². The smallest absolute Gasteiger partial charge is 0.350 e. The SMILES string of the molecule is Cc1cc(C(=O)Cn2nc3cnccn3c2=O)c(C)n1C. The van der Waals surface area contributed by atoms with Crippen LogP contribution >= 0.6 is 0 Å². The van der Waals surface area contributed by atoms with Crippen LogP contribution in [-0.2, 0) is 13.6 Å². The van der Waals surface area contributed by atoms with Gasteiger partial charge in [-0.2, -0.15) is 0 Å². The van der Waals surface area contributed by atoms with E-state index in [0.29, 0.717) is 11.2 Å². The average Bonchev–Trinajstić information content (AvgIpc) is 2.92. The maximum atomic E-state index is 12.4. The lowest BCUT2D eigenvalue weighted by Crippen LogP contribution is -2.25. The van der Waals surface area contributed by atoms with Crippen molar-refractivity contribution in [1.29, 1.82) is 0 Å². The molecule has 0 unspecified atom stereocenters. The molecule has 0 spiro atoms. The summed E-state index contributed by atoms with van der Waals surface area (Å²) in [6, 6.07) is 1.83. The fourth-order valence-corrected chi connectivity index (χ4v) is 2.34. The third-order valence-corrected chi connectivity index (χ3v) is 3.76. The predicted octanol–water partition coefficient (Wildman–Crippen LogP) is 0.729. The summed E-state index contributed by atoms with van der Waals surface area (Å²) in [7, 11) is 1.91. The number of Topliss-reactive ketones (excluding diaryl/α,β-unsaturated/α-hetero) is 1. The van der Waals surface area contributed by atoms with E-state index >= 15 is 0 Å². The van der Waals surface area contributed by atoms with Crippen molar-refractivity contribution in [2.75, 3.05) is 0 Å². The Morgan fingerprint density at radius 2 is 2.10 bits per heavy atom. The zero-order chi connectivity index (χ0) is 15.1. The van der Waals surface area contributed by atoms with Gasteiger partial charge < -0.3 is 4.57 Å². The zero-order valence-electron chi connectivity index (χ0n) is 12.1. The molecule has 3 rings (SSSR count). The third-order valence-electron chi connectivity index (χ3n) is 3.76. The van der Waals surface area contributed by atoms with Gasteiger partial charge in [0.1, 0.15) is 6.54 Å². The maximum absolute atomic E-state index is 12.4. The zero-order valence-corrected chi connectivity index (χ0v) is 12.1. The maximum Gasteiger partial charge on any atom is 0.350 e. The second kappa shape index (κ2) is 4.69. The molecular weight excluding hydrogens is 270 g/mol. The number of fused-ring (bicyclic) bond motifs is 1. The fraction of sp³-hybridized carbons (Fsp3) is 0.286. The van der Waals surface area contributed by atoms with Crippen LogP contribution in [0.2, 0.25) is 0 Å². The van der Waals surface area contributed by atoms with Gasteiger partial charge in [-0.25, -0.2) is 13.9 Å². The van der Waals surface area contributed by atoms with Gasteiger partial charge in [0.2, 0.25) is 0 Å². The summed E-state index contributed by atoms with van der Waals surface area (Å²) in [5.41, 5.74) is 2.60. The number of carbonyl (C=O) groups excluding carboxylic acids is 1. The number of carbonyl (C=O) groups is 1. The second-order valence-electron chi connectivity index (χ2n) is 5.01. The first-order valence-electron chi connectivity index (χ1n) is 6.54. The van der Waals surface area contributed by atoms with E-state index in [9.17, 15) is 9.59 Å². The molecule has 0 aromatic carbocycles. The molecule has 0 aliphatic rings. The second-order valence-corrected chi connectivity index (χ2v) is 5.01. The Bertz CT molecular complexity index is 900. The molecule has 21 heavy (non-hydrogen) atoms. The molecule has 7 nitrogen and oxygen atoms in total. The first-order valence-corrected chi connectivity index (χ1v) is 6.54. The van der Waals surface area contributed by atoms with Crippen molar-refractivity contribution in [2.24, 2.45) is 7.05 Å². The molecule has 0 aliphatic carbocycles. The molecule has 0 saturated carbocycles. The Morgan fingerprint density at radius 1 is 1.33 bits per heavy atom. The highest BCUT2D eigenvalue weighted by molar-refractivity contribution is 5.97. The number of nitrogens with zero attached hydrogens (tertiary/aromatic N) is 5. The molecule has 3 aromatic heterocycles. The van der Waals surface area contributed by atoms with E-state index in [4.69, 9.17) is 0 Å². The molecule has 108 valence electrons. The largest absolute Gasteiger partial charge is 0.351 e. The molecule has 0 aliphatic heterocycles. The van der Waals surface area contributed by atoms with Crippen molar-refractivity contribution in [3.63, 3.8) is 0 Å². The van der Waals surface area contributed by atoms with Gasteiger partial charge >= 0.3 is 5.69 Å². The quantitative estimate of drug-likeness (QED) is 0.665. The first-order chi connectivity index (χ1) is 9.99. The molecule has 0 atom stereocenters. The summed E-state index contributed by atoms with van der Waals surface area (Å²) in [6.07, 6.45) is 4.52. The molecule has 0 radical (unpaired) electrons. The summed E-state index contributed by atoms with van der Waals surface area (Å²) >= 11 is 0. The van der Waals surface area contributed by atoms with E-state index < -0.39 is 0 Å². The average molecular weight is 285 g/mol. The Morgan fingerprint density at radius 3 is 2.71 bits per heavy atom. The third kappa shape index (κ3) is 2.06. The van der Waals surface area contributed by atoms with Gasteiger partial charge in [0.15, 0.2) is 11.4 Å². The lowest BCUT2D eigenvalue weighted by molar-refractivity contribution is 0.0965. The highest BCUT2D eigenvalue weighted by atomic mass is 16.2. The Labute approximate surface area is 120 Å². The van der Waals surface area contributed by atoms with Crippen molar-refractivity contribution in [3.05, 3.63) is 52.1 Å². The van der Waals surface area contributed by atoms with Crippen molar-refractivity contribution in [3.8, 4) is 0 Å². The Kier molecular flexibility index (Phi) is 2.97. The van der Waals surface area contributed by atoms with E-state index in [1.165, 1.54) is 27.7 Å². The standard InChI is InChI=1S/C14H15N5O2/c1-9-6-11(10(2)17(9)3)12(20)8-19-14(21)18-5-4-15-7-13(18)16-19/h4-7H,8H2,1-3H3. The van der Waals surface area contributed by atoms with Crippen LogP contribution in [-0.4, -0.2) is 29.5 Å². The lowest BCUT2D eigenvalue weighted by atomic mass is 10.1. The summed E-state index contributed by atoms with van der Waals surface area (Å²) in [6.45, 7) is 3.74. The predicted molar refractivity (Wildman–Crippen MR) is 76.5 cm³/mol. The molecule has 0 bridgehead atoms. The summed E-state index contributed by atoms with van der Waals surface area (Å²) in [4.78, 5) is 28.4. The highest BCUT2D eigenvalue weighted by Crippen LogP contribution is 2.14. The number of hydrogen-bond donors (Lipinski definition) is 0. The van der Waals surface area contributed by atoms with Crippen LogP contribution in [0, 0.1) is 13.8 Å². The molecular formula is C14H15N5O2. The molecule has 3 heterocycles. The monoisotopic (exact) mass is 285 g/mol. The fourth-order valence-electron chi connectivity index (χ4n) is 2.34. The number of ketones is 1. The van der Waals surface area contributed by atoms with E-state index in [-0.39, 0.29) is 18.0 Å². The van der Waals surface area contributed by atoms with Crippen LogP contribution in [0.15, 0.2) is 29.5 Å². The van der Waals surface area contributed by atoms with E-state index in [2.05, 4.69) is 10.1 Å². The van der Waals surface area contributed by atoms with Crippen LogP contribution in [0.5, 0.6) is 0 Å². The number of hydrogen-bond acceptors (Lipinski definition) is 4. The summed E-state index contributed by atoms with van der Waals surface area (Å²) < 4.78 is 4.48. The summed E-state index contributed by atoms with van der Waals surface area (Å²) in [5, 5.41) is 4.11. The van der Waals surface area contributed by atoms with Crippen LogP contribution in [0.3, 0.4) is 0 Å². The van der Waals surface area contributed by atoms with Crippen molar-refractivity contribution in [1.82, 2.24) is 23.7 Å². The highest BCUT2D eigenvalue weighted by Gasteiger charge is 2.17. The van der Waals surface area contributed by atoms with Gasteiger partial charge in [-0.05, 0) is 19.9 Å². The van der Waals surface area contributed by atoms with Gasteiger partial charge in [0.25, 0.3) is 0 Å². The molecule has 0 amide bonds. The Hall–Kier alpha value is -2.70.